The van der Waals surface area contributed by atoms with Gasteiger partial charge < -0.3 is 10.5 Å². The summed E-state index contributed by atoms with van der Waals surface area (Å²) in [6, 6.07) is 4.54. The van der Waals surface area contributed by atoms with Crippen molar-refractivity contribution < 1.29 is 4.74 Å². The van der Waals surface area contributed by atoms with Gasteiger partial charge in [0.25, 0.3) is 0 Å². The topological polar surface area (TPSA) is 35.2 Å². The maximum atomic E-state index is 5.90. The second-order valence-electron chi connectivity index (χ2n) is 5.94. The quantitative estimate of drug-likeness (QED) is 0.873. The van der Waals surface area contributed by atoms with Gasteiger partial charge in [0.2, 0.25) is 0 Å². The third-order valence-corrected chi connectivity index (χ3v) is 2.86. The first-order valence-corrected chi connectivity index (χ1v) is 6.19. The number of ether oxygens (including phenoxy) is 1. The summed E-state index contributed by atoms with van der Waals surface area (Å²) < 4.78 is 5.60. The van der Waals surface area contributed by atoms with Crippen molar-refractivity contribution in [1.82, 2.24) is 0 Å². The minimum absolute atomic E-state index is 0.0873. The zero-order valence-electron chi connectivity index (χ0n) is 11.9. The molecule has 0 aliphatic heterocycles. The van der Waals surface area contributed by atoms with Crippen LogP contribution in [0.2, 0.25) is 0 Å². The van der Waals surface area contributed by atoms with Gasteiger partial charge in [0.1, 0.15) is 5.75 Å². The van der Waals surface area contributed by atoms with Gasteiger partial charge in [-0.25, -0.2) is 0 Å². The highest BCUT2D eigenvalue weighted by atomic mass is 16.5. The van der Waals surface area contributed by atoms with Gasteiger partial charge in [0.15, 0.2) is 0 Å². The molecule has 0 spiro atoms. The number of rotatable bonds is 3. The average molecular weight is 235 g/mol. The number of aryl methyl sites for hydroxylation is 1. The highest BCUT2D eigenvalue weighted by Gasteiger charge is 2.21. The molecule has 0 radical (unpaired) electrons. The van der Waals surface area contributed by atoms with E-state index in [2.05, 4.69) is 39.8 Å². The van der Waals surface area contributed by atoms with Crippen LogP contribution >= 0.6 is 0 Å². The van der Waals surface area contributed by atoms with Crippen LogP contribution in [0.5, 0.6) is 5.75 Å². The van der Waals surface area contributed by atoms with Crippen LogP contribution in [-0.4, -0.2) is 13.2 Å². The largest absolute Gasteiger partial charge is 0.496 e. The zero-order chi connectivity index (χ0) is 13.2. The molecule has 0 fully saturated rings. The zero-order valence-corrected chi connectivity index (χ0v) is 11.9. The molecule has 0 aliphatic rings. The van der Waals surface area contributed by atoms with E-state index in [0.29, 0.717) is 0 Å². The van der Waals surface area contributed by atoms with Gasteiger partial charge in [-0.1, -0.05) is 38.5 Å². The van der Waals surface area contributed by atoms with Crippen molar-refractivity contribution in [2.24, 2.45) is 5.73 Å². The van der Waals surface area contributed by atoms with Crippen molar-refractivity contribution in [1.29, 1.82) is 0 Å². The molecule has 1 aromatic carbocycles. The summed E-state index contributed by atoms with van der Waals surface area (Å²) in [4.78, 5) is 0. The van der Waals surface area contributed by atoms with Gasteiger partial charge >= 0.3 is 0 Å². The molecule has 0 heterocycles. The summed E-state index contributed by atoms with van der Waals surface area (Å²) in [6.45, 7) is 10.8. The van der Waals surface area contributed by atoms with Crippen molar-refractivity contribution in [3.05, 3.63) is 28.8 Å². The van der Waals surface area contributed by atoms with Crippen molar-refractivity contribution in [3.8, 4) is 5.75 Å². The summed E-state index contributed by atoms with van der Waals surface area (Å²) in [5.74, 6) is 1.00. The normalized spacial score (nSPS) is 13.6. The predicted octanol–water partition coefficient (Wildman–Crippen LogP) is 3.19. The molecule has 1 unspecified atom stereocenters. The van der Waals surface area contributed by atoms with Crippen LogP contribution in [0.3, 0.4) is 0 Å². The van der Waals surface area contributed by atoms with Gasteiger partial charge in [-0.3, -0.25) is 0 Å². The van der Waals surface area contributed by atoms with Gasteiger partial charge in [-0.15, -0.1) is 0 Å². The molecule has 1 aromatic rings. The maximum absolute atomic E-state index is 5.90. The first-order chi connectivity index (χ1) is 7.75. The average Bonchev–Trinajstić information content (AvgIpc) is 2.14. The summed E-state index contributed by atoms with van der Waals surface area (Å²) in [7, 11) is 1.74. The molecule has 17 heavy (non-hydrogen) atoms. The van der Waals surface area contributed by atoms with Crippen LogP contribution in [0.15, 0.2) is 12.1 Å². The van der Waals surface area contributed by atoms with Crippen molar-refractivity contribution in [2.45, 2.75) is 52.5 Å². The van der Waals surface area contributed by atoms with Gasteiger partial charge in [-0.2, -0.15) is 0 Å². The smallest absolute Gasteiger partial charge is 0.125 e. The van der Waals surface area contributed by atoms with E-state index in [0.717, 1.165) is 12.2 Å². The molecule has 2 N–H and O–H groups in total. The Morgan fingerprint density at radius 2 is 1.88 bits per heavy atom. The van der Waals surface area contributed by atoms with E-state index in [9.17, 15) is 0 Å². The van der Waals surface area contributed by atoms with Gasteiger partial charge in [0.05, 0.1) is 7.11 Å². The Morgan fingerprint density at radius 1 is 1.29 bits per heavy atom. The van der Waals surface area contributed by atoms with Crippen LogP contribution in [0.4, 0.5) is 0 Å². The summed E-state index contributed by atoms with van der Waals surface area (Å²) in [5, 5.41) is 0. The Morgan fingerprint density at radius 3 is 2.29 bits per heavy atom. The number of methoxy groups -OCH3 is 1. The van der Waals surface area contributed by atoms with Gasteiger partial charge in [0, 0.05) is 11.6 Å². The van der Waals surface area contributed by atoms with Crippen LogP contribution < -0.4 is 10.5 Å². The Hall–Kier alpha value is -1.02. The van der Waals surface area contributed by atoms with Crippen molar-refractivity contribution in [2.75, 3.05) is 7.11 Å². The minimum Gasteiger partial charge on any atom is -0.496 e. The molecule has 0 aliphatic carbocycles. The standard InChI is InChI=1S/C15H25NO/c1-10-7-12(9-11(2)16)14(17-6)13(8-10)15(3,4)5/h7-8,11H,9,16H2,1-6H3. The van der Waals surface area contributed by atoms with E-state index in [4.69, 9.17) is 10.5 Å². The molecular weight excluding hydrogens is 210 g/mol. The minimum atomic E-state index is 0.0873. The molecule has 0 amide bonds. The van der Waals surface area contributed by atoms with Crippen LogP contribution in [-0.2, 0) is 11.8 Å². The predicted molar refractivity (Wildman–Crippen MR) is 73.8 cm³/mol. The first kappa shape index (κ1) is 14.0. The highest BCUT2D eigenvalue weighted by molar-refractivity contribution is 5.48. The fraction of sp³-hybridized carbons (Fsp3) is 0.600. The fourth-order valence-corrected chi connectivity index (χ4v) is 2.14. The summed E-state index contributed by atoms with van der Waals surface area (Å²) in [5.41, 5.74) is 9.73. The Labute approximate surface area is 105 Å². The van der Waals surface area contributed by atoms with Gasteiger partial charge in [-0.05, 0) is 31.2 Å². The van der Waals surface area contributed by atoms with Crippen LogP contribution in [0.1, 0.15) is 44.4 Å². The molecule has 0 saturated carbocycles. The van der Waals surface area contributed by atoms with E-state index in [1.807, 2.05) is 6.92 Å². The second-order valence-corrected chi connectivity index (χ2v) is 5.94. The lowest BCUT2D eigenvalue weighted by Crippen LogP contribution is -2.20. The molecule has 96 valence electrons. The molecule has 2 heteroatoms. The van der Waals surface area contributed by atoms with Crippen LogP contribution in [0, 0.1) is 6.92 Å². The summed E-state index contributed by atoms with van der Waals surface area (Å²) >= 11 is 0. The molecule has 0 aromatic heterocycles. The van der Waals surface area contributed by atoms with E-state index in [-0.39, 0.29) is 11.5 Å². The Bertz CT molecular complexity index is 389. The lowest BCUT2D eigenvalue weighted by Gasteiger charge is -2.25. The van der Waals surface area contributed by atoms with Crippen molar-refractivity contribution >= 4 is 0 Å². The lowest BCUT2D eigenvalue weighted by molar-refractivity contribution is 0.391. The molecule has 1 rings (SSSR count). The Kier molecular flexibility index (Phi) is 4.21. The molecule has 0 bridgehead atoms. The molecule has 2 nitrogen and oxygen atoms in total. The summed E-state index contributed by atoms with van der Waals surface area (Å²) in [6.07, 6.45) is 0.855. The monoisotopic (exact) mass is 235 g/mol. The Balaban J connectivity index is 3.35. The molecule has 1 atom stereocenters. The number of hydrogen-bond donors (Lipinski definition) is 1. The third-order valence-electron chi connectivity index (χ3n) is 2.86. The molecular formula is C15H25NO. The van der Waals surface area contributed by atoms with Crippen LogP contribution in [0.25, 0.3) is 0 Å². The third kappa shape index (κ3) is 3.47. The van der Waals surface area contributed by atoms with E-state index >= 15 is 0 Å². The number of hydrogen-bond acceptors (Lipinski definition) is 2. The fourth-order valence-electron chi connectivity index (χ4n) is 2.14. The van der Waals surface area contributed by atoms with E-state index in [1.54, 1.807) is 7.11 Å². The van der Waals surface area contributed by atoms with Crippen molar-refractivity contribution in [3.63, 3.8) is 0 Å². The van der Waals surface area contributed by atoms with E-state index < -0.39 is 0 Å². The SMILES string of the molecule is COc1c(CC(C)N)cc(C)cc1C(C)(C)C. The maximum Gasteiger partial charge on any atom is 0.125 e. The number of nitrogens with two attached hydrogens (primary N) is 1. The lowest BCUT2D eigenvalue weighted by atomic mass is 9.83. The molecule has 0 saturated heterocycles. The second kappa shape index (κ2) is 5.09. The number of benzene rings is 1. The van der Waals surface area contributed by atoms with E-state index in [1.165, 1.54) is 16.7 Å². The highest BCUT2D eigenvalue weighted by Crippen LogP contribution is 2.35. The first-order valence-electron chi connectivity index (χ1n) is 6.19.